The normalized spacial score (nSPS) is 22.1. The van der Waals surface area contributed by atoms with Crippen molar-refractivity contribution in [1.29, 1.82) is 0 Å². The predicted octanol–water partition coefficient (Wildman–Crippen LogP) is 1.54. The molecule has 5 N–H and O–H groups in total. The van der Waals surface area contributed by atoms with Crippen LogP contribution in [0.15, 0.2) is 48.5 Å². The Labute approximate surface area is 229 Å². The Bertz CT molecular complexity index is 1100. The molecule has 1 aliphatic heterocycles. The van der Waals surface area contributed by atoms with Gasteiger partial charge in [-0.15, -0.1) is 0 Å². The van der Waals surface area contributed by atoms with Gasteiger partial charge in [0.05, 0.1) is 6.04 Å². The van der Waals surface area contributed by atoms with E-state index in [2.05, 4.69) is 16.0 Å². The Kier molecular flexibility index (Phi) is 11.7. The fourth-order valence-electron chi connectivity index (χ4n) is 4.46. The fourth-order valence-corrected chi connectivity index (χ4v) is 4.46. The van der Waals surface area contributed by atoms with Crippen molar-refractivity contribution >= 4 is 17.7 Å². The average molecular weight is 542 g/mol. The van der Waals surface area contributed by atoms with Crippen molar-refractivity contribution in [3.05, 3.63) is 65.5 Å². The monoisotopic (exact) mass is 541 g/mol. The van der Waals surface area contributed by atoms with Crippen molar-refractivity contribution in [2.75, 3.05) is 33.3 Å². The van der Waals surface area contributed by atoms with Gasteiger partial charge in [0.1, 0.15) is 30.3 Å². The molecule has 0 spiro atoms. The van der Waals surface area contributed by atoms with Gasteiger partial charge in [0.25, 0.3) is 0 Å². The number of aryl methyl sites for hydroxylation is 1. The highest BCUT2D eigenvalue weighted by molar-refractivity contribution is 5.92. The molecule has 39 heavy (non-hydrogen) atoms. The number of ether oxygens (including phenoxy) is 1. The number of carbonyl (C=O) groups is 3. The summed E-state index contributed by atoms with van der Waals surface area (Å²) in [4.78, 5) is 41.1. The maximum Gasteiger partial charge on any atom is 0.243 e. The Morgan fingerprint density at radius 1 is 1.03 bits per heavy atom. The zero-order valence-electron chi connectivity index (χ0n) is 22.8. The molecule has 0 saturated carbocycles. The maximum absolute atomic E-state index is 13.4. The molecule has 10 heteroatoms. The molecule has 2 aromatic rings. The number of hydrogen-bond acceptors (Lipinski definition) is 6. The van der Waals surface area contributed by atoms with Crippen LogP contribution in [-0.4, -0.2) is 74.0 Å². The molecule has 0 fully saturated rings. The largest absolute Gasteiger partial charge is 0.492 e. The smallest absolute Gasteiger partial charge is 0.243 e. The van der Waals surface area contributed by atoms with Gasteiger partial charge in [0, 0.05) is 26.6 Å². The third-order valence-corrected chi connectivity index (χ3v) is 6.93. The summed E-state index contributed by atoms with van der Waals surface area (Å²) in [5, 5.41) is 8.98. The minimum atomic E-state index is -0.894. The van der Waals surface area contributed by atoms with Crippen LogP contribution in [0.5, 0.6) is 5.75 Å². The number of benzene rings is 2. The van der Waals surface area contributed by atoms with E-state index in [1.165, 1.54) is 17.0 Å². The highest BCUT2D eigenvalue weighted by Crippen LogP contribution is 2.19. The molecule has 1 heterocycles. The lowest BCUT2D eigenvalue weighted by molar-refractivity contribution is -0.141. The number of para-hydroxylation sites is 1. The first-order chi connectivity index (χ1) is 18.8. The van der Waals surface area contributed by atoms with Crippen LogP contribution in [0.2, 0.25) is 0 Å². The molecule has 0 bridgehead atoms. The standard InChI is InChI=1S/C29H40FN5O4/c1-20-27(36)34-25(19-21-11-13-23(30)14-12-21)28(37)33-16-6-8-22-7-3-4-10-26(22)39-18-17-32-24(9-5-15-31)29(38)35(20)2/h3-4,7,10-14,20,24-25,32H,5-6,8-9,15-19,31H2,1-2H3,(H,33,37)(H,34,36)/t20-,24+,25-/m1/s1. The minimum Gasteiger partial charge on any atom is -0.492 e. The number of fused-ring (bicyclic) bond motifs is 1. The van der Waals surface area contributed by atoms with Gasteiger partial charge < -0.3 is 31.3 Å². The van der Waals surface area contributed by atoms with E-state index < -0.39 is 24.0 Å². The summed E-state index contributed by atoms with van der Waals surface area (Å²) in [6.07, 6.45) is 2.70. The Balaban J connectivity index is 1.83. The topological polar surface area (TPSA) is 126 Å². The number of nitrogens with one attached hydrogen (secondary N) is 3. The second kappa shape index (κ2) is 15.2. The van der Waals surface area contributed by atoms with Gasteiger partial charge in [-0.05, 0) is 68.5 Å². The molecule has 3 atom stereocenters. The van der Waals surface area contributed by atoms with Gasteiger partial charge in [-0.25, -0.2) is 4.39 Å². The fraction of sp³-hybridized carbons (Fsp3) is 0.483. The number of nitrogens with zero attached hydrogens (tertiary/aromatic N) is 1. The lowest BCUT2D eigenvalue weighted by Crippen LogP contribution is -2.56. The zero-order valence-corrected chi connectivity index (χ0v) is 22.8. The predicted molar refractivity (Wildman–Crippen MR) is 148 cm³/mol. The summed E-state index contributed by atoms with van der Waals surface area (Å²) in [5.41, 5.74) is 7.42. The zero-order chi connectivity index (χ0) is 28.2. The molecule has 3 amide bonds. The molecular formula is C29H40FN5O4. The molecule has 2 aromatic carbocycles. The number of halogens is 1. The van der Waals surface area contributed by atoms with Gasteiger partial charge in [-0.3, -0.25) is 14.4 Å². The van der Waals surface area contributed by atoms with Crippen molar-refractivity contribution < 1.29 is 23.5 Å². The maximum atomic E-state index is 13.4. The van der Waals surface area contributed by atoms with Crippen LogP contribution in [0.4, 0.5) is 4.39 Å². The molecule has 9 nitrogen and oxygen atoms in total. The van der Waals surface area contributed by atoms with E-state index >= 15 is 0 Å². The number of likely N-dealkylation sites (N-methyl/N-ethyl adjacent to an activating group) is 1. The Morgan fingerprint density at radius 3 is 2.51 bits per heavy atom. The van der Waals surface area contributed by atoms with Crippen LogP contribution < -0.4 is 26.4 Å². The van der Waals surface area contributed by atoms with E-state index in [-0.39, 0.29) is 24.1 Å². The summed E-state index contributed by atoms with van der Waals surface area (Å²) in [7, 11) is 1.57. The molecule has 0 saturated heterocycles. The second-order valence-electron chi connectivity index (χ2n) is 9.81. The lowest BCUT2D eigenvalue weighted by atomic mass is 10.0. The average Bonchev–Trinajstić information content (AvgIpc) is 2.94. The molecule has 3 rings (SSSR count). The molecule has 1 aliphatic rings. The first-order valence-electron chi connectivity index (χ1n) is 13.5. The molecule has 0 unspecified atom stereocenters. The highest BCUT2D eigenvalue weighted by Gasteiger charge is 2.30. The molecular weight excluding hydrogens is 501 g/mol. The Morgan fingerprint density at radius 2 is 1.77 bits per heavy atom. The van der Waals surface area contributed by atoms with Crippen LogP contribution in [0, 0.1) is 5.82 Å². The van der Waals surface area contributed by atoms with Crippen molar-refractivity contribution in [3.63, 3.8) is 0 Å². The van der Waals surface area contributed by atoms with E-state index in [9.17, 15) is 18.8 Å². The number of rotatable bonds is 5. The van der Waals surface area contributed by atoms with Gasteiger partial charge in [0.2, 0.25) is 17.7 Å². The number of nitrogens with two attached hydrogens (primary N) is 1. The van der Waals surface area contributed by atoms with E-state index in [1.54, 1.807) is 26.1 Å². The van der Waals surface area contributed by atoms with Gasteiger partial charge in [0.15, 0.2) is 0 Å². The molecule has 0 aromatic heterocycles. The van der Waals surface area contributed by atoms with E-state index in [0.717, 1.165) is 11.3 Å². The highest BCUT2D eigenvalue weighted by atomic mass is 19.1. The Hall–Kier alpha value is -3.50. The van der Waals surface area contributed by atoms with Gasteiger partial charge in [-0.1, -0.05) is 30.3 Å². The van der Waals surface area contributed by atoms with Crippen LogP contribution in [-0.2, 0) is 27.2 Å². The third-order valence-electron chi connectivity index (χ3n) is 6.93. The number of hydrogen-bond donors (Lipinski definition) is 4. The van der Waals surface area contributed by atoms with Crippen molar-refractivity contribution in [3.8, 4) is 5.75 Å². The minimum absolute atomic E-state index is 0.180. The van der Waals surface area contributed by atoms with E-state index in [4.69, 9.17) is 10.5 Å². The SMILES string of the molecule is C[C@@H]1C(=O)N[C@H](Cc2ccc(F)cc2)C(=O)NCCCc2ccccc2OCCN[C@@H](CCCN)C(=O)N1C. The van der Waals surface area contributed by atoms with Crippen molar-refractivity contribution in [2.24, 2.45) is 5.73 Å². The van der Waals surface area contributed by atoms with Crippen LogP contribution >= 0.6 is 0 Å². The van der Waals surface area contributed by atoms with Crippen molar-refractivity contribution in [1.82, 2.24) is 20.9 Å². The molecule has 212 valence electrons. The lowest BCUT2D eigenvalue weighted by Gasteiger charge is -2.30. The summed E-state index contributed by atoms with van der Waals surface area (Å²) >= 11 is 0. The molecule has 0 aliphatic carbocycles. The van der Waals surface area contributed by atoms with Crippen LogP contribution in [0.25, 0.3) is 0 Å². The summed E-state index contributed by atoms with van der Waals surface area (Å²) < 4.78 is 19.4. The quantitative estimate of drug-likeness (QED) is 0.455. The summed E-state index contributed by atoms with van der Waals surface area (Å²) in [6, 6.07) is 11.3. The third kappa shape index (κ3) is 9.04. The number of amides is 3. The van der Waals surface area contributed by atoms with Gasteiger partial charge >= 0.3 is 0 Å². The summed E-state index contributed by atoms with van der Waals surface area (Å²) in [6.45, 7) is 3.28. The van der Waals surface area contributed by atoms with E-state index in [1.807, 2.05) is 24.3 Å². The second-order valence-corrected chi connectivity index (χ2v) is 9.81. The first kappa shape index (κ1) is 30.0. The summed E-state index contributed by atoms with van der Waals surface area (Å²) in [5.74, 6) is -0.658. The van der Waals surface area contributed by atoms with Crippen LogP contribution in [0.3, 0.4) is 0 Å². The number of carbonyl (C=O) groups excluding carboxylic acids is 3. The van der Waals surface area contributed by atoms with E-state index in [0.29, 0.717) is 57.5 Å². The van der Waals surface area contributed by atoms with Crippen molar-refractivity contribution in [2.45, 2.75) is 57.2 Å². The van der Waals surface area contributed by atoms with Crippen LogP contribution in [0.1, 0.15) is 37.3 Å². The van der Waals surface area contributed by atoms with Gasteiger partial charge in [-0.2, -0.15) is 0 Å². The molecule has 0 radical (unpaired) electrons. The first-order valence-corrected chi connectivity index (χ1v) is 13.5.